The molecule has 0 radical (unpaired) electrons. The van der Waals surface area contributed by atoms with Crippen molar-refractivity contribution in [2.45, 2.75) is 52.4 Å². The van der Waals surface area contributed by atoms with Crippen LogP contribution in [0.15, 0.2) is 182 Å². The van der Waals surface area contributed by atoms with Gasteiger partial charge in [0, 0.05) is 33.0 Å². The second-order valence-electron chi connectivity index (χ2n) is 19.2. The molecule has 0 unspecified atom stereocenters. The van der Waals surface area contributed by atoms with E-state index in [1.54, 1.807) is 0 Å². The van der Waals surface area contributed by atoms with Crippen molar-refractivity contribution in [3.05, 3.63) is 193 Å². The Kier molecular flexibility index (Phi) is 8.96. The molecule has 0 saturated heterocycles. The first kappa shape index (κ1) is 38.6. The standard InChI is InChI=1S/C60H49N3/c1-59(2,3)47-33-49-50-34-48(60(4,5)6)36-52-56-32-46(42-26-22-40(23-27-42)38-16-11-8-12-17-38)30-54(62-56)44-19-13-18-43(28-44)53-29-45(31-55(61-53)51(35-47)57(49)63-58(50)52)41-24-20-39(21-25-41)37-14-9-7-10-15-37/h7-36,63H,1-6H3. The van der Waals surface area contributed by atoms with E-state index in [4.69, 9.17) is 9.97 Å². The van der Waals surface area contributed by atoms with E-state index in [2.05, 4.69) is 229 Å². The largest absolute Gasteiger partial charge is 0.353 e. The van der Waals surface area contributed by atoms with Gasteiger partial charge < -0.3 is 4.98 Å². The molecule has 10 aromatic rings. The van der Waals surface area contributed by atoms with Crippen LogP contribution in [0.2, 0.25) is 0 Å². The number of benzene rings is 7. The number of hydrogen-bond donors (Lipinski definition) is 1. The van der Waals surface area contributed by atoms with Gasteiger partial charge >= 0.3 is 0 Å². The molecule has 3 nitrogen and oxygen atoms in total. The summed E-state index contributed by atoms with van der Waals surface area (Å²) in [5, 5.41) is 2.40. The highest BCUT2D eigenvalue weighted by Crippen LogP contribution is 2.45. The minimum absolute atomic E-state index is 0.108. The molecule has 1 N–H and O–H groups in total. The Bertz CT molecular complexity index is 3140. The van der Waals surface area contributed by atoms with Crippen LogP contribution in [0.1, 0.15) is 52.7 Å². The fourth-order valence-electron chi connectivity index (χ4n) is 9.15. The van der Waals surface area contributed by atoms with Crippen LogP contribution in [0, 0.1) is 0 Å². The lowest BCUT2D eigenvalue weighted by atomic mass is 9.83. The third kappa shape index (κ3) is 7.04. The maximum Gasteiger partial charge on any atom is 0.0736 e. The smallest absolute Gasteiger partial charge is 0.0736 e. The summed E-state index contributed by atoms with van der Waals surface area (Å²) < 4.78 is 0. The van der Waals surface area contributed by atoms with Crippen molar-refractivity contribution in [2.75, 3.05) is 0 Å². The number of nitrogens with one attached hydrogen (secondary N) is 1. The summed E-state index contributed by atoms with van der Waals surface area (Å²) in [6.45, 7) is 13.8. The lowest BCUT2D eigenvalue weighted by Crippen LogP contribution is -2.11. The lowest BCUT2D eigenvalue weighted by molar-refractivity contribution is 0.590. The summed E-state index contributed by atoms with van der Waals surface area (Å²) in [5.41, 5.74) is 21.8. The monoisotopic (exact) mass is 811 g/mol. The zero-order chi connectivity index (χ0) is 43.0. The van der Waals surface area contributed by atoms with E-state index in [0.29, 0.717) is 0 Å². The molecule has 0 spiro atoms. The Labute approximate surface area is 370 Å². The van der Waals surface area contributed by atoms with Crippen molar-refractivity contribution < 1.29 is 0 Å². The molecule has 1 aliphatic heterocycles. The van der Waals surface area contributed by atoms with E-state index in [1.807, 2.05) is 0 Å². The molecule has 3 aromatic heterocycles. The average molecular weight is 812 g/mol. The second-order valence-corrected chi connectivity index (χ2v) is 19.2. The number of aromatic nitrogens is 3. The highest BCUT2D eigenvalue weighted by Gasteiger charge is 2.25. The van der Waals surface area contributed by atoms with Gasteiger partial charge in [-0.05, 0) is 121 Å². The molecule has 1 aliphatic rings. The third-order valence-corrected chi connectivity index (χ3v) is 12.9. The highest BCUT2D eigenvalue weighted by atomic mass is 14.8. The summed E-state index contributed by atoms with van der Waals surface area (Å²) in [6, 6.07) is 66.5. The van der Waals surface area contributed by atoms with Gasteiger partial charge in [0.1, 0.15) is 0 Å². The maximum atomic E-state index is 5.57. The molecule has 0 aliphatic carbocycles. The Balaban J connectivity index is 1.21. The van der Waals surface area contributed by atoms with Crippen LogP contribution in [0.5, 0.6) is 0 Å². The molecule has 11 rings (SSSR count). The van der Waals surface area contributed by atoms with Crippen molar-refractivity contribution in [3.63, 3.8) is 0 Å². The first-order valence-corrected chi connectivity index (χ1v) is 22.0. The Morgan fingerprint density at radius 2 is 0.635 bits per heavy atom. The number of H-pyrrole nitrogens is 1. The van der Waals surface area contributed by atoms with Gasteiger partial charge in [0.2, 0.25) is 0 Å². The zero-order valence-corrected chi connectivity index (χ0v) is 36.7. The van der Waals surface area contributed by atoms with Crippen LogP contribution in [0.3, 0.4) is 0 Å². The number of aromatic amines is 1. The Morgan fingerprint density at radius 1 is 0.302 bits per heavy atom. The SMILES string of the molecule is CC(C)(C)c1cc2c3[nH]c4c(cc(C(C)(C)C)cc4c3c1)-c1cc(-c3ccc(-c4ccccc4)cc3)cc(n1)-c1cccc(c1)-c1cc(-c3ccc(-c4ccccc4)cc3)cc-2n1. The summed E-state index contributed by atoms with van der Waals surface area (Å²) in [4.78, 5) is 15.2. The molecular weight excluding hydrogens is 763 g/mol. The zero-order valence-electron chi connectivity index (χ0n) is 36.7. The molecule has 0 fully saturated rings. The van der Waals surface area contributed by atoms with E-state index in [1.165, 1.54) is 44.2 Å². The summed E-state index contributed by atoms with van der Waals surface area (Å²) in [7, 11) is 0. The Morgan fingerprint density at radius 3 is 1.02 bits per heavy atom. The molecule has 304 valence electrons. The molecule has 4 heterocycles. The summed E-state index contributed by atoms with van der Waals surface area (Å²) in [6.07, 6.45) is 0. The van der Waals surface area contributed by atoms with Crippen molar-refractivity contribution in [2.24, 2.45) is 0 Å². The van der Waals surface area contributed by atoms with Gasteiger partial charge in [-0.25, -0.2) is 9.97 Å². The van der Waals surface area contributed by atoms with Crippen LogP contribution >= 0.6 is 0 Å². The van der Waals surface area contributed by atoms with Crippen LogP contribution in [-0.2, 0) is 10.8 Å². The molecular formula is C60H49N3. The van der Waals surface area contributed by atoms with E-state index >= 15 is 0 Å². The number of hydrogen-bond acceptors (Lipinski definition) is 2. The molecule has 0 saturated carbocycles. The number of nitrogens with zero attached hydrogens (tertiary/aromatic N) is 2. The topological polar surface area (TPSA) is 41.6 Å². The van der Waals surface area contributed by atoms with Gasteiger partial charge in [-0.15, -0.1) is 0 Å². The molecule has 63 heavy (non-hydrogen) atoms. The van der Waals surface area contributed by atoms with Crippen molar-refractivity contribution in [1.29, 1.82) is 0 Å². The van der Waals surface area contributed by atoms with E-state index < -0.39 is 0 Å². The van der Waals surface area contributed by atoms with Gasteiger partial charge in [0.05, 0.1) is 33.8 Å². The van der Waals surface area contributed by atoms with E-state index in [-0.39, 0.29) is 10.8 Å². The van der Waals surface area contributed by atoms with Crippen molar-refractivity contribution in [1.82, 2.24) is 15.0 Å². The normalized spacial score (nSPS) is 12.3. The van der Waals surface area contributed by atoms with E-state index in [9.17, 15) is 0 Å². The number of rotatable bonds is 4. The number of pyridine rings is 2. The molecule has 8 bridgehead atoms. The predicted octanol–water partition coefficient (Wildman–Crippen LogP) is 16.4. The maximum absolute atomic E-state index is 5.57. The van der Waals surface area contributed by atoms with E-state index in [0.717, 1.165) is 78.3 Å². The third-order valence-electron chi connectivity index (χ3n) is 12.9. The van der Waals surface area contributed by atoms with Gasteiger partial charge in [-0.1, -0.05) is 169 Å². The van der Waals surface area contributed by atoms with Gasteiger partial charge in [0.15, 0.2) is 0 Å². The molecule has 0 amide bonds. The number of fused-ring (bicyclic) bond motifs is 11. The minimum atomic E-state index is -0.108. The molecule has 0 atom stereocenters. The first-order valence-electron chi connectivity index (χ1n) is 22.0. The minimum Gasteiger partial charge on any atom is -0.353 e. The fraction of sp³-hybridized carbons (Fsp3) is 0.133. The summed E-state index contributed by atoms with van der Waals surface area (Å²) in [5.74, 6) is 0. The van der Waals surface area contributed by atoms with Crippen molar-refractivity contribution >= 4 is 21.8 Å². The second kappa shape index (κ2) is 14.6. The van der Waals surface area contributed by atoms with Crippen LogP contribution in [-0.4, -0.2) is 15.0 Å². The first-order chi connectivity index (χ1) is 30.4. The van der Waals surface area contributed by atoms with Gasteiger partial charge in [0.25, 0.3) is 0 Å². The summed E-state index contributed by atoms with van der Waals surface area (Å²) >= 11 is 0. The van der Waals surface area contributed by atoms with Crippen LogP contribution < -0.4 is 0 Å². The lowest BCUT2D eigenvalue weighted by Gasteiger charge is -2.22. The quantitative estimate of drug-likeness (QED) is 0.192. The molecule has 3 heteroatoms. The van der Waals surface area contributed by atoms with Crippen LogP contribution in [0.4, 0.5) is 0 Å². The van der Waals surface area contributed by atoms with Gasteiger partial charge in [-0.2, -0.15) is 0 Å². The average Bonchev–Trinajstić information content (AvgIpc) is 3.69. The highest BCUT2D eigenvalue weighted by molar-refractivity contribution is 6.16. The van der Waals surface area contributed by atoms with Gasteiger partial charge in [-0.3, -0.25) is 0 Å². The fourth-order valence-corrected chi connectivity index (χ4v) is 9.15. The Hall–Kier alpha value is -7.36. The molecule has 7 aromatic carbocycles. The predicted molar refractivity (Wildman–Crippen MR) is 266 cm³/mol. The van der Waals surface area contributed by atoms with Crippen LogP contribution in [0.25, 0.3) is 111 Å². The van der Waals surface area contributed by atoms with Crippen molar-refractivity contribution in [3.8, 4) is 89.5 Å².